The lowest BCUT2D eigenvalue weighted by atomic mass is 10.0. The van der Waals surface area contributed by atoms with Crippen LogP contribution >= 0.6 is 12.1 Å². The lowest BCUT2D eigenvalue weighted by Crippen LogP contribution is -2.29. The summed E-state index contributed by atoms with van der Waals surface area (Å²) in [5, 5.41) is 8.25. The van der Waals surface area contributed by atoms with Gasteiger partial charge in [-0.1, -0.05) is 30.3 Å². The van der Waals surface area contributed by atoms with E-state index in [0.717, 1.165) is 34.5 Å². The predicted molar refractivity (Wildman–Crippen MR) is 112 cm³/mol. The fourth-order valence-corrected chi connectivity index (χ4v) is 3.05. The van der Waals surface area contributed by atoms with Crippen molar-refractivity contribution in [1.82, 2.24) is 14.9 Å². The van der Waals surface area contributed by atoms with Crippen LogP contribution in [-0.4, -0.2) is 21.9 Å². The third kappa shape index (κ3) is 5.26. The van der Waals surface area contributed by atoms with E-state index in [0.29, 0.717) is 11.8 Å². The Morgan fingerprint density at radius 2 is 1.79 bits per heavy atom. The standard InChI is InChI=1S/C20H22N4O3S/c1-20(2,3)27-19(26)24-28-23-14-10-8-13(9-11-14)12-17-15-6-4-5-7-16(15)18(25)22-21-17/h4-11,23H,12H2,1-3H3,(H,22,25)(H,24,26). The summed E-state index contributed by atoms with van der Waals surface area (Å²) in [5.74, 6) is 0. The van der Waals surface area contributed by atoms with Crippen LogP contribution in [0.25, 0.3) is 10.8 Å². The molecule has 0 bridgehead atoms. The Kier molecular flexibility index (Phi) is 5.89. The highest BCUT2D eigenvalue weighted by Crippen LogP contribution is 2.19. The van der Waals surface area contributed by atoms with E-state index in [-0.39, 0.29) is 5.56 Å². The highest BCUT2D eigenvalue weighted by Gasteiger charge is 2.15. The first-order chi connectivity index (χ1) is 13.3. The number of rotatable bonds is 5. The second-order valence-electron chi connectivity index (χ2n) is 7.23. The number of nitrogens with zero attached hydrogens (tertiary/aromatic N) is 1. The Bertz CT molecular complexity index is 1030. The summed E-state index contributed by atoms with van der Waals surface area (Å²) in [4.78, 5) is 23.5. The minimum absolute atomic E-state index is 0.187. The quantitative estimate of drug-likeness (QED) is 0.562. The van der Waals surface area contributed by atoms with E-state index in [1.54, 1.807) is 6.07 Å². The van der Waals surface area contributed by atoms with Gasteiger partial charge in [0.2, 0.25) is 0 Å². The van der Waals surface area contributed by atoms with Crippen molar-refractivity contribution in [3.63, 3.8) is 0 Å². The molecule has 2 aromatic carbocycles. The largest absolute Gasteiger partial charge is 0.443 e. The van der Waals surface area contributed by atoms with Crippen LogP contribution in [0.1, 0.15) is 32.0 Å². The van der Waals surface area contributed by atoms with Crippen molar-refractivity contribution >= 4 is 34.7 Å². The van der Waals surface area contributed by atoms with Crippen molar-refractivity contribution in [1.29, 1.82) is 0 Å². The van der Waals surface area contributed by atoms with E-state index in [1.807, 2.05) is 63.2 Å². The minimum Gasteiger partial charge on any atom is -0.443 e. The molecule has 0 saturated heterocycles. The molecule has 0 atom stereocenters. The zero-order valence-corrected chi connectivity index (χ0v) is 16.7. The topological polar surface area (TPSA) is 96.1 Å². The van der Waals surface area contributed by atoms with Crippen molar-refractivity contribution in [3.8, 4) is 0 Å². The molecule has 1 heterocycles. The summed E-state index contributed by atoms with van der Waals surface area (Å²) in [6.45, 7) is 5.43. The summed E-state index contributed by atoms with van der Waals surface area (Å²) >= 11 is 1.04. The molecule has 0 spiro atoms. The van der Waals surface area contributed by atoms with E-state index in [1.165, 1.54) is 0 Å². The van der Waals surface area contributed by atoms with Crippen molar-refractivity contribution in [2.45, 2.75) is 32.8 Å². The molecule has 0 unspecified atom stereocenters. The third-order valence-electron chi connectivity index (χ3n) is 3.80. The lowest BCUT2D eigenvalue weighted by molar-refractivity contribution is 0.0575. The zero-order valence-electron chi connectivity index (χ0n) is 15.9. The van der Waals surface area contributed by atoms with Gasteiger partial charge in [0.25, 0.3) is 5.56 Å². The maximum atomic E-state index is 11.9. The summed E-state index contributed by atoms with van der Waals surface area (Å²) < 4.78 is 10.8. The number of anilines is 1. The summed E-state index contributed by atoms with van der Waals surface area (Å²) in [6, 6.07) is 15.2. The Morgan fingerprint density at radius 3 is 2.46 bits per heavy atom. The molecule has 0 aliphatic carbocycles. The van der Waals surface area contributed by atoms with Gasteiger partial charge in [0.05, 0.1) is 23.2 Å². The van der Waals surface area contributed by atoms with E-state index >= 15 is 0 Å². The Hall–Kier alpha value is -3.00. The molecule has 3 aromatic rings. The van der Waals surface area contributed by atoms with Gasteiger partial charge in [-0.3, -0.25) is 4.79 Å². The number of fused-ring (bicyclic) bond motifs is 1. The van der Waals surface area contributed by atoms with Crippen LogP contribution in [0.2, 0.25) is 0 Å². The molecule has 146 valence electrons. The monoisotopic (exact) mass is 398 g/mol. The van der Waals surface area contributed by atoms with Crippen molar-refractivity contribution < 1.29 is 9.53 Å². The predicted octanol–water partition coefficient (Wildman–Crippen LogP) is 4.01. The van der Waals surface area contributed by atoms with Crippen LogP contribution in [0.4, 0.5) is 10.5 Å². The van der Waals surface area contributed by atoms with Gasteiger partial charge in [0, 0.05) is 17.5 Å². The second kappa shape index (κ2) is 8.35. The van der Waals surface area contributed by atoms with Crippen LogP contribution in [-0.2, 0) is 11.2 Å². The average molecular weight is 398 g/mol. The maximum absolute atomic E-state index is 11.9. The average Bonchev–Trinajstić information content (AvgIpc) is 2.64. The Balaban J connectivity index is 1.60. The first-order valence-corrected chi connectivity index (χ1v) is 9.59. The molecule has 0 radical (unpaired) electrons. The fraction of sp³-hybridized carbons (Fsp3) is 0.250. The molecule has 7 nitrogen and oxygen atoms in total. The third-order valence-corrected chi connectivity index (χ3v) is 4.41. The van der Waals surface area contributed by atoms with Crippen molar-refractivity contribution in [2.24, 2.45) is 0 Å². The smallest absolute Gasteiger partial charge is 0.419 e. The molecule has 28 heavy (non-hydrogen) atoms. The molecule has 0 aliphatic rings. The number of aromatic nitrogens is 2. The number of aromatic amines is 1. The van der Waals surface area contributed by atoms with E-state index in [4.69, 9.17) is 4.74 Å². The minimum atomic E-state index is -0.535. The number of nitrogens with one attached hydrogen (secondary N) is 3. The molecule has 0 aliphatic heterocycles. The maximum Gasteiger partial charge on any atom is 0.419 e. The number of benzene rings is 2. The Labute approximate surface area is 167 Å². The van der Waals surface area contributed by atoms with E-state index in [2.05, 4.69) is 19.6 Å². The van der Waals surface area contributed by atoms with Crippen molar-refractivity contribution in [2.75, 3.05) is 4.72 Å². The molecule has 0 fully saturated rings. The van der Waals surface area contributed by atoms with Gasteiger partial charge in [-0.25, -0.2) is 14.6 Å². The molecule has 8 heteroatoms. The molecule has 0 saturated carbocycles. The summed E-state index contributed by atoms with van der Waals surface area (Å²) in [5.41, 5.74) is 1.99. The number of hydrogen-bond donors (Lipinski definition) is 3. The Morgan fingerprint density at radius 1 is 1.11 bits per heavy atom. The molecule has 3 rings (SSSR count). The molecular weight excluding hydrogens is 376 g/mol. The van der Waals surface area contributed by atoms with Gasteiger partial charge < -0.3 is 9.46 Å². The highest BCUT2D eigenvalue weighted by atomic mass is 32.2. The number of H-pyrrole nitrogens is 1. The van der Waals surface area contributed by atoms with Gasteiger partial charge >= 0.3 is 6.09 Å². The number of carbonyl (C=O) groups excluding carboxylic acids is 1. The van der Waals surface area contributed by atoms with Crippen LogP contribution in [0.5, 0.6) is 0 Å². The molecule has 3 N–H and O–H groups in total. The second-order valence-corrected chi connectivity index (χ2v) is 7.84. The van der Waals surface area contributed by atoms with Gasteiger partial charge in [-0.05, 0) is 44.5 Å². The number of carbonyl (C=O) groups is 1. The first kappa shape index (κ1) is 19.8. The van der Waals surface area contributed by atoms with Gasteiger partial charge in [-0.2, -0.15) is 5.10 Å². The first-order valence-electron chi connectivity index (χ1n) is 8.78. The van der Waals surface area contributed by atoms with E-state index in [9.17, 15) is 9.59 Å². The summed E-state index contributed by atoms with van der Waals surface area (Å²) in [7, 11) is 0. The number of amides is 1. The van der Waals surface area contributed by atoms with E-state index < -0.39 is 11.7 Å². The fourth-order valence-electron chi connectivity index (χ4n) is 2.62. The van der Waals surface area contributed by atoms with Crippen LogP contribution < -0.4 is 15.0 Å². The van der Waals surface area contributed by atoms with Gasteiger partial charge in [0.15, 0.2) is 0 Å². The normalized spacial score (nSPS) is 11.2. The van der Waals surface area contributed by atoms with Gasteiger partial charge in [0.1, 0.15) is 5.60 Å². The SMILES string of the molecule is CC(C)(C)OC(=O)NSNc1ccc(Cc2n[nH]c(=O)c3ccccc23)cc1. The number of hydrogen-bond acceptors (Lipinski definition) is 6. The van der Waals surface area contributed by atoms with Crippen LogP contribution in [0.15, 0.2) is 53.3 Å². The summed E-state index contributed by atoms with van der Waals surface area (Å²) in [6.07, 6.45) is 0.0959. The zero-order chi connectivity index (χ0) is 20.1. The molecular formula is C20H22N4O3S. The highest BCUT2D eigenvalue weighted by molar-refractivity contribution is 7.99. The molecule has 1 aromatic heterocycles. The number of ether oxygens (including phenoxy) is 1. The van der Waals surface area contributed by atoms with Gasteiger partial charge in [-0.15, -0.1) is 0 Å². The van der Waals surface area contributed by atoms with Crippen LogP contribution in [0, 0.1) is 0 Å². The van der Waals surface area contributed by atoms with Crippen molar-refractivity contribution in [3.05, 3.63) is 70.1 Å². The lowest BCUT2D eigenvalue weighted by Gasteiger charge is -2.19. The molecule has 1 amide bonds. The van der Waals surface area contributed by atoms with Crippen LogP contribution in [0.3, 0.4) is 0 Å².